The van der Waals surface area contributed by atoms with Gasteiger partial charge in [0.1, 0.15) is 0 Å². The molecule has 8 nitrogen and oxygen atoms in total. The Bertz CT molecular complexity index is 582. The Morgan fingerprint density at radius 3 is 2.47 bits per heavy atom. The van der Waals surface area contributed by atoms with Crippen LogP contribution >= 0.6 is 0 Å². The maximum Gasteiger partial charge on any atom is 0.270 e. The first-order valence-electron chi connectivity index (χ1n) is 3.90. The standard InChI is InChI=1S/C9H5N3O.4H2O/c13-9-2-5-1-7-8(11-4-10-7)3-6(5)12-9;;;;/h1-4H,(H,10,11);4*1H2. The number of benzene rings is 1. The van der Waals surface area contributed by atoms with Crippen LogP contribution in [0.2, 0.25) is 0 Å². The number of hydrogen-bond donors (Lipinski definition) is 1. The van der Waals surface area contributed by atoms with Gasteiger partial charge in [0.25, 0.3) is 5.91 Å². The van der Waals surface area contributed by atoms with E-state index in [-0.39, 0.29) is 27.8 Å². The number of fused-ring (bicyclic) bond motifs is 2. The second-order valence-electron chi connectivity index (χ2n) is 2.93. The molecule has 0 aliphatic carbocycles. The number of carbonyl (C=O) groups excluding carboxylic acids is 1. The minimum atomic E-state index is -0.192. The van der Waals surface area contributed by atoms with Gasteiger partial charge in [-0.15, -0.1) is 0 Å². The molecule has 2 aromatic rings. The monoisotopic (exact) mass is 243 g/mol. The van der Waals surface area contributed by atoms with E-state index in [0.29, 0.717) is 5.36 Å². The summed E-state index contributed by atoms with van der Waals surface area (Å²) in [4.78, 5) is 21.8. The van der Waals surface area contributed by atoms with Gasteiger partial charge in [-0.05, 0) is 12.1 Å². The van der Waals surface area contributed by atoms with Gasteiger partial charge < -0.3 is 26.9 Å². The zero-order valence-corrected chi connectivity index (χ0v) is 8.61. The van der Waals surface area contributed by atoms with Crippen molar-refractivity contribution in [2.24, 2.45) is 4.99 Å². The van der Waals surface area contributed by atoms with Crippen molar-refractivity contribution >= 4 is 23.0 Å². The maximum atomic E-state index is 10.9. The number of nitrogens with one attached hydrogen (secondary N) is 1. The largest absolute Gasteiger partial charge is 0.412 e. The van der Waals surface area contributed by atoms with Crippen LogP contribution in [0.25, 0.3) is 17.1 Å². The SMILES string of the molecule is O.O.O.O.O=C1C=c2cc3[nH]cnc3cc2=N1. The Labute approximate surface area is 94.6 Å². The molecule has 1 aromatic carbocycles. The van der Waals surface area contributed by atoms with E-state index >= 15 is 0 Å². The molecule has 8 heteroatoms. The lowest BCUT2D eigenvalue weighted by molar-refractivity contribution is -0.112. The smallest absolute Gasteiger partial charge is 0.270 e. The van der Waals surface area contributed by atoms with E-state index < -0.39 is 0 Å². The number of hydrogen-bond acceptors (Lipinski definition) is 2. The molecule has 1 aromatic heterocycles. The summed E-state index contributed by atoms with van der Waals surface area (Å²) in [7, 11) is 0. The average molecular weight is 243 g/mol. The van der Waals surface area contributed by atoms with Gasteiger partial charge in [-0.25, -0.2) is 9.98 Å². The fourth-order valence-electron chi connectivity index (χ4n) is 1.48. The van der Waals surface area contributed by atoms with Crippen molar-refractivity contribution < 1.29 is 26.7 Å². The van der Waals surface area contributed by atoms with Crippen LogP contribution in [0.1, 0.15) is 0 Å². The van der Waals surface area contributed by atoms with Crippen molar-refractivity contribution in [3.05, 3.63) is 29.0 Å². The summed E-state index contributed by atoms with van der Waals surface area (Å²) < 4.78 is 0. The zero-order chi connectivity index (χ0) is 8.84. The zero-order valence-electron chi connectivity index (χ0n) is 8.61. The lowest BCUT2D eigenvalue weighted by Gasteiger charge is -1.85. The molecule has 2 heterocycles. The van der Waals surface area contributed by atoms with Crippen molar-refractivity contribution in [1.29, 1.82) is 0 Å². The predicted molar refractivity (Wildman–Crippen MR) is 60.8 cm³/mol. The Kier molecular flexibility index (Phi) is 5.91. The van der Waals surface area contributed by atoms with Gasteiger partial charge >= 0.3 is 0 Å². The fraction of sp³-hybridized carbons (Fsp3) is 0. The van der Waals surface area contributed by atoms with E-state index in [2.05, 4.69) is 15.0 Å². The van der Waals surface area contributed by atoms with Crippen molar-refractivity contribution in [3.8, 4) is 0 Å². The molecule has 17 heavy (non-hydrogen) atoms. The van der Waals surface area contributed by atoms with Crippen LogP contribution in [0, 0.1) is 0 Å². The summed E-state index contributed by atoms with van der Waals surface area (Å²) in [5.74, 6) is -0.192. The Morgan fingerprint density at radius 2 is 1.76 bits per heavy atom. The number of aromatic amines is 1. The van der Waals surface area contributed by atoms with Crippen LogP contribution in [0.4, 0.5) is 0 Å². The maximum absolute atomic E-state index is 10.9. The minimum absolute atomic E-state index is 0. The number of imidazole rings is 1. The Morgan fingerprint density at radius 1 is 1.06 bits per heavy atom. The number of H-pyrrole nitrogens is 1. The van der Waals surface area contributed by atoms with Crippen LogP contribution in [0.3, 0.4) is 0 Å². The first kappa shape index (κ1) is 17.3. The highest BCUT2D eigenvalue weighted by molar-refractivity contribution is 6.06. The molecule has 1 amide bonds. The molecule has 0 saturated heterocycles. The van der Waals surface area contributed by atoms with Crippen LogP contribution in [-0.2, 0) is 4.79 Å². The summed E-state index contributed by atoms with van der Waals surface area (Å²) in [5, 5.41) is 1.58. The molecular weight excluding hydrogens is 230 g/mol. The van der Waals surface area contributed by atoms with Crippen molar-refractivity contribution in [1.82, 2.24) is 9.97 Å². The van der Waals surface area contributed by atoms with E-state index in [0.717, 1.165) is 16.3 Å². The van der Waals surface area contributed by atoms with Crippen molar-refractivity contribution in [2.45, 2.75) is 0 Å². The molecule has 0 saturated carbocycles. The van der Waals surface area contributed by atoms with Crippen molar-refractivity contribution in [3.63, 3.8) is 0 Å². The normalized spacial score (nSPS) is 10.7. The van der Waals surface area contributed by atoms with Gasteiger partial charge in [0, 0.05) is 11.3 Å². The first-order chi connectivity index (χ1) is 6.33. The molecule has 0 unspecified atom stereocenters. The molecule has 0 atom stereocenters. The summed E-state index contributed by atoms with van der Waals surface area (Å²) in [6, 6.07) is 3.69. The van der Waals surface area contributed by atoms with Gasteiger partial charge in [0.15, 0.2) is 0 Å². The summed E-state index contributed by atoms with van der Waals surface area (Å²) >= 11 is 0. The molecule has 1 aliphatic rings. The fourth-order valence-corrected chi connectivity index (χ4v) is 1.48. The number of amides is 1. The third-order valence-corrected chi connectivity index (χ3v) is 2.08. The molecule has 0 spiro atoms. The second kappa shape index (κ2) is 5.82. The van der Waals surface area contributed by atoms with E-state index in [1.54, 1.807) is 6.33 Å². The van der Waals surface area contributed by atoms with Crippen LogP contribution in [-0.4, -0.2) is 37.8 Å². The predicted octanol–water partition coefficient (Wildman–Crippen LogP) is -3.80. The highest BCUT2D eigenvalue weighted by atomic mass is 16.1. The highest BCUT2D eigenvalue weighted by Crippen LogP contribution is 2.02. The van der Waals surface area contributed by atoms with Gasteiger partial charge in [-0.1, -0.05) is 0 Å². The van der Waals surface area contributed by atoms with Crippen LogP contribution in [0.5, 0.6) is 0 Å². The third kappa shape index (κ3) is 2.52. The Balaban J connectivity index is 0. The van der Waals surface area contributed by atoms with Crippen LogP contribution in [0.15, 0.2) is 23.5 Å². The molecule has 94 valence electrons. The molecule has 3 rings (SSSR count). The molecule has 9 N–H and O–H groups in total. The van der Waals surface area contributed by atoms with E-state index in [4.69, 9.17) is 0 Å². The molecule has 1 aliphatic heterocycles. The van der Waals surface area contributed by atoms with Gasteiger partial charge in [-0.2, -0.15) is 0 Å². The molecule has 0 fully saturated rings. The van der Waals surface area contributed by atoms with Gasteiger partial charge in [-0.3, -0.25) is 4.79 Å². The highest BCUT2D eigenvalue weighted by Gasteiger charge is 2.05. The molecular formula is C9H13N3O5. The van der Waals surface area contributed by atoms with E-state index in [1.807, 2.05) is 12.1 Å². The van der Waals surface area contributed by atoms with E-state index in [1.165, 1.54) is 6.08 Å². The Hall–Kier alpha value is -2.13. The van der Waals surface area contributed by atoms with Gasteiger partial charge in [0.2, 0.25) is 0 Å². The number of carbonyl (C=O) groups is 1. The van der Waals surface area contributed by atoms with E-state index in [9.17, 15) is 4.79 Å². The minimum Gasteiger partial charge on any atom is -0.412 e. The lowest BCUT2D eigenvalue weighted by Crippen LogP contribution is -2.20. The van der Waals surface area contributed by atoms with Crippen LogP contribution < -0.4 is 10.6 Å². The van der Waals surface area contributed by atoms with Crippen molar-refractivity contribution in [2.75, 3.05) is 0 Å². The second-order valence-corrected chi connectivity index (χ2v) is 2.93. The average Bonchev–Trinajstić information content (AvgIpc) is 2.63. The number of nitrogens with zero attached hydrogens (tertiary/aromatic N) is 2. The first-order valence-corrected chi connectivity index (χ1v) is 3.90. The quantitative estimate of drug-likeness (QED) is 0.497. The third-order valence-electron chi connectivity index (χ3n) is 2.08. The summed E-state index contributed by atoms with van der Waals surface area (Å²) in [6.07, 6.45) is 3.15. The summed E-state index contributed by atoms with van der Waals surface area (Å²) in [6.45, 7) is 0. The molecule has 0 bridgehead atoms. The molecule has 0 radical (unpaired) electrons. The van der Waals surface area contributed by atoms with Gasteiger partial charge in [0.05, 0.1) is 22.7 Å². The number of aromatic nitrogens is 2. The number of rotatable bonds is 0. The lowest BCUT2D eigenvalue weighted by atomic mass is 10.2. The summed E-state index contributed by atoms with van der Waals surface area (Å²) in [5.41, 5.74) is 1.77. The topological polar surface area (TPSA) is 184 Å².